The van der Waals surface area contributed by atoms with Crippen LogP contribution in [-0.2, 0) is 49.6 Å². The first-order valence-electron chi connectivity index (χ1n) is 19.4. The summed E-state index contributed by atoms with van der Waals surface area (Å²) >= 11 is 0. The lowest BCUT2D eigenvalue weighted by atomic mass is 9.98. The maximum absolute atomic E-state index is 13.9. The third-order valence-corrected chi connectivity index (χ3v) is 8.68. The molecule has 1 aliphatic carbocycles. The van der Waals surface area contributed by atoms with Crippen LogP contribution in [0.3, 0.4) is 0 Å². The number of esters is 2. The van der Waals surface area contributed by atoms with Gasteiger partial charge >= 0.3 is 18.0 Å². The number of carbonyl (C=O) groups is 7. The summed E-state index contributed by atoms with van der Waals surface area (Å²) in [6, 6.07) is 4.17. The van der Waals surface area contributed by atoms with Gasteiger partial charge < -0.3 is 41.2 Å². The van der Waals surface area contributed by atoms with Crippen molar-refractivity contribution in [3.8, 4) is 0 Å². The van der Waals surface area contributed by atoms with E-state index in [0.29, 0.717) is 0 Å². The van der Waals surface area contributed by atoms with Crippen molar-refractivity contribution in [1.29, 1.82) is 0 Å². The Bertz CT molecular complexity index is 1420. The van der Waals surface area contributed by atoms with Gasteiger partial charge in [-0.25, -0.2) is 9.59 Å². The quantitative estimate of drug-likeness (QED) is 0.0890. The molecule has 0 bridgehead atoms. The molecule has 308 valence electrons. The van der Waals surface area contributed by atoms with Crippen molar-refractivity contribution in [2.75, 3.05) is 0 Å². The number of carbonyl (C=O) groups excluding carboxylic acids is 7. The van der Waals surface area contributed by atoms with Gasteiger partial charge in [-0.3, -0.25) is 24.0 Å². The second-order valence-corrected chi connectivity index (χ2v) is 16.0. The van der Waals surface area contributed by atoms with E-state index >= 15 is 0 Å². The number of primary amides is 1. The third-order valence-electron chi connectivity index (χ3n) is 8.68. The normalized spacial score (nSPS) is 15.5. The van der Waals surface area contributed by atoms with E-state index in [2.05, 4.69) is 21.3 Å². The first-order chi connectivity index (χ1) is 25.8. The molecular weight excluding hydrogens is 710 g/mol. The summed E-state index contributed by atoms with van der Waals surface area (Å²) in [6.45, 7) is 12.4. The minimum atomic E-state index is -1.25. The average molecular weight is 774 g/mol. The number of amides is 5. The van der Waals surface area contributed by atoms with Crippen LogP contribution < -0.4 is 27.0 Å². The molecule has 4 atom stereocenters. The lowest BCUT2D eigenvalue weighted by Gasteiger charge is -2.28. The smallest absolute Gasteiger partial charge is 0.408 e. The zero-order valence-electron chi connectivity index (χ0n) is 33.6. The molecule has 5 amide bonds. The van der Waals surface area contributed by atoms with E-state index < -0.39 is 71.4 Å². The topological polar surface area (TPSA) is 221 Å². The van der Waals surface area contributed by atoms with Gasteiger partial charge in [0.15, 0.2) is 0 Å². The first-order valence-corrected chi connectivity index (χ1v) is 19.4. The molecule has 0 saturated heterocycles. The Labute approximate surface area is 325 Å². The van der Waals surface area contributed by atoms with Gasteiger partial charge in [-0.1, -0.05) is 64.4 Å². The number of benzene rings is 1. The van der Waals surface area contributed by atoms with Crippen molar-refractivity contribution in [2.24, 2.45) is 17.6 Å². The van der Waals surface area contributed by atoms with Crippen molar-refractivity contribution in [2.45, 2.75) is 162 Å². The van der Waals surface area contributed by atoms with E-state index in [0.717, 1.165) is 37.7 Å². The zero-order valence-corrected chi connectivity index (χ0v) is 33.6. The summed E-state index contributed by atoms with van der Waals surface area (Å²) in [4.78, 5) is 91.6. The van der Waals surface area contributed by atoms with E-state index in [1.807, 2.05) is 33.8 Å². The molecule has 1 fully saturated rings. The fourth-order valence-corrected chi connectivity index (χ4v) is 6.00. The van der Waals surface area contributed by atoms with Crippen molar-refractivity contribution >= 4 is 41.7 Å². The van der Waals surface area contributed by atoms with E-state index in [1.165, 1.54) is 0 Å². The largest absolute Gasteiger partial charge is 0.462 e. The summed E-state index contributed by atoms with van der Waals surface area (Å²) in [5, 5.41) is 10.6. The fraction of sp³-hybridized carbons (Fsp3) is 0.675. The van der Waals surface area contributed by atoms with Gasteiger partial charge in [-0.05, 0) is 89.5 Å². The maximum Gasteiger partial charge on any atom is 0.408 e. The Kier molecular flexibility index (Phi) is 19.7. The number of hydrogen-bond donors (Lipinski definition) is 5. The van der Waals surface area contributed by atoms with E-state index in [1.54, 1.807) is 45.0 Å². The highest BCUT2D eigenvalue weighted by Crippen LogP contribution is 2.21. The molecule has 0 aromatic heterocycles. The molecule has 1 aliphatic rings. The molecule has 0 unspecified atom stereocenters. The summed E-state index contributed by atoms with van der Waals surface area (Å²) in [5.41, 5.74) is 5.20. The average Bonchev–Trinajstić information content (AvgIpc) is 3.09. The number of hydrogen-bond acceptors (Lipinski definition) is 10. The second-order valence-electron chi connectivity index (χ2n) is 16.0. The Balaban J connectivity index is 2.23. The summed E-state index contributed by atoms with van der Waals surface area (Å²) < 4.78 is 16.4. The predicted molar refractivity (Wildman–Crippen MR) is 205 cm³/mol. The van der Waals surface area contributed by atoms with Gasteiger partial charge in [0.2, 0.25) is 23.6 Å². The Morgan fingerprint density at radius 1 is 0.709 bits per heavy atom. The molecule has 0 aliphatic heterocycles. The van der Waals surface area contributed by atoms with Crippen molar-refractivity contribution in [3.63, 3.8) is 0 Å². The van der Waals surface area contributed by atoms with Crippen LogP contribution in [0, 0.1) is 11.8 Å². The van der Waals surface area contributed by atoms with Gasteiger partial charge in [-0.2, -0.15) is 0 Å². The molecule has 1 aromatic carbocycles. The Morgan fingerprint density at radius 2 is 1.22 bits per heavy atom. The van der Waals surface area contributed by atoms with Crippen LogP contribution in [0.1, 0.15) is 125 Å². The first kappa shape index (κ1) is 46.5. The van der Waals surface area contributed by atoms with Crippen LogP contribution in [0.25, 0.3) is 0 Å². The van der Waals surface area contributed by atoms with Gasteiger partial charge in [0.05, 0.1) is 0 Å². The van der Waals surface area contributed by atoms with Crippen LogP contribution >= 0.6 is 0 Å². The monoisotopic (exact) mass is 773 g/mol. The number of nitrogens with two attached hydrogens (primary N) is 1. The summed E-state index contributed by atoms with van der Waals surface area (Å²) in [5.74, 6) is -4.20. The zero-order chi connectivity index (χ0) is 41.1. The van der Waals surface area contributed by atoms with Crippen molar-refractivity contribution < 1.29 is 47.8 Å². The number of rotatable bonds is 21. The minimum Gasteiger partial charge on any atom is -0.462 e. The minimum absolute atomic E-state index is 0.0587. The van der Waals surface area contributed by atoms with Gasteiger partial charge in [-0.15, -0.1) is 0 Å². The lowest BCUT2D eigenvalue weighted by Crippen LogP contribution is -2.58. The van der Waals surface area contributed by atoms with E-state index in [4.69, 9.17) is 19.9 Å². The van der Waals surface area contributed by atoms with Crippen LogP contribution in [-0.4, -0.2) is 77.5 Å². The van der Waals surface area contributed by atoms with E-state index in [9.17, 15) is 33.6 Å². The van der Waals surface area contributed by atoms with Crippen LogP contribution in [0.5, 0.6) is 0 Å². The number of nitrogens with one attached hydrogen (secondary N) is 4. The molecular formula is C40H63N5O10. The molecule has 55 heavy (non-hydrogen) atoms. The number of ether oxygens (including phenoxy) is 3. The molecule has 6 N–H and O–H groups in total. The highest BCUT2D eigenvalue weighted by Gasteiger charge is 2.33. The molecule has 0 spiro atoms. The highest BCUT2D eigenvalue weighted by molar-refractivity contribution is 5.95. The second kappa shape index (κ2) is 23.3. The lowest BCUT2D eigenvalue weighted by molar-refractivity contribution is -0.151. The third kappa shape index (κ3) is 19.5. The van der Waals surface area contributed by atoms with Crippen LogP contribution in [0.4, 0.5) is 4.79 Å². The molecule has 15 heteroatoms. The van der Waals surface area contributed by atoms with Gasteiger partial charge in [0, 0.05) is 12.8 Å². The highest BCUT2D eigenvalue weighted by atomic mass is 16.6. The number of alkyl carbamates (subject to hydrolysis) is 1. The van der Waals surface area contributed by atoms with Crippen LogP contribution in [0.2, 0.25) is 0 Å². The van der Waals surface area contributed by atoms with E-state index in [-0.39, 0.29) is 63.1 Å². The Morgan fingerprint density at radius 3 is 1.73 bits per heavy atom. The molecule has 1 saturated carbocycles. The van der Waals surface area contributed by atoms with Crippen LogP contribution in [0.15, 0.2) is 30.3 Å². The molecule has 1 aromatic rings. The van der Waals surface area contributed by atoms with Gasteiger partial charge in [0.25, 0.3) is 0 Å². The Hall–Kier alpha value is -4.69. The fourth-order valence-electron chi connectivity index (χ4n) is 6.00. The maximum atomic E-state index is 13.9. The SMILES string of the molecule is CC(C)C[C@H](NC(=O)[C@H](CCC(=O)OC1CCCCC1)NC(=O)OC(C)(C)C)C(=O)N[C@@H](CC(C)C)C(=O)N[C@@H](CCC(N)=O)C(=O)OCc1ccccc1. The van der Waals surface area contributed by atoms with Crippen molar-refractivity contribution in [1.82, 2.24) is 21.3 Å². The predicted octanol–water partition coefficient (Wildman–Crippen LogP) is 4.09. The molecule has 2 rings (SSSR count). The summed E-state index contributed by atoms with van der Waals surface area (Å²) in [7, 11) is 0. The molecule has 0 radical (unpaired) electrons. The molecule has 0 heterocycles. The van der Waals surface area contributed by atoms with Crippen molar-refractivity contribution in [3.05, 3.63) is 35.9 Å². The molecule has 15 nitrogen and oxygen atoms in total. The van der Waals surface area contributed by atoms with Gasteiger partial charge in [0.1, 0.15) is 42.5 Å². The summed E-state index contributed by atoms with van der Waals surface area (Å²) in [6.07, 6.45) is 3.28. The standard InChI is InChI=1S/C40H63N5O10/c1-25(2)22-31(36(49)42-30(18-20-33(41)46)38(51)53-24-27-14-10-8-11-15-27)44-37(50)32(23-26(3)4)43-35(48)29(45-39(52)55-40(5,6)7)19-21-34(47)54-28-16-12-9-13-17-28/h8,10-11,14-15,25-26,28-32H,9,12-13,16-24H2,1-7H3,(H2,41,46)(H,42,49)(H,43,48)(H,44,50)(H,45,52)/t29-,30-,31-,32-/m0/s1.